The van der Waals surface area contributed by atoms with E-state index in [4.69, 9.17) is 9.47 Å². The molecule has 2 aromatic rings. The van der Waals surface area contributed by atoms with Crippen molar-refractivity contribution in [1.29, 1.82) is 0 Å². The zero-order valence-corrected chi connectivity index (χ0v) is 17.6. The summed E-state index contributed by atoms with van der Waals surface area (Å²) in [4.78, 5) is 14.8. The second kappa shape index (κ2) is 9.86. The van der Waals surface area contributed by atoms with E-state index in [1.165, 1.54) is 10.5 Å². The fourth-order valence-corrected chi connectivity index (χ4v) is 3.81. The summed E-state index contributed by atoms with van der Waals surface area (Å²) in [6.45, 7) is 6.68. The Bertz CT molecular complexity index is 899. The minimum Gasteiger partial charge on any atom is -0.493 e. The molecule has 162 valence electrons. The predicted molar refractivity (Wildman–Crippen MR) is 109 cm³/mol. The van der Waals surface area contributed by atoms with Gasteiger partial charge in [-0.05, 0) is 36.8 Å². The molecule has 1 aliphatic rings. The summed E-state index contributed by atoms with van der Waals surface area (Å²) in [5.41, 5.74) is 2.25. The molecule has 1 fully saturated rings. The molecule has 0 aliphatic carbocycles. The third kappa shape index (κ3) is 5.46. The van der Waals surface area contributed by atoms with Crippen LogP contribution in [0.2, 0.25) is 0 Å². The number of benzene rings is 2. The molecule has 0 saturated carbocycles. The molecular formula is C22H29F2N3O3+2. The number of halogens is 2. The summed E-state index contributed by atoms with van der Waals surface area (Å²) in [7, 11) is 3.26. The van der Waals surface area contributed by atoms with Crippen molar-refractivity contribution in [3.8, 4) is 11.5 Å². The number of hydrogen-bond acceptors (Lipinski definition) is 3. The van der Waals surface area contributed by atoms with E-state index in [1.54, 1.807) is 14.2 Å². The number of rotatable bonds is 7. The molecular weight excluding hydrogens is 392 g/mol. The lowest BCUT2D eigenvalue weighted by atomic mass is 10.1. The molecule has 0 radical (unpaired) electrons. The van der Waals surface area contributed by atoms with Gasteiger partial charge in [0.05, 0.1) is 19.9 Å². The lowest BCUT2D eigenvalue weighted by Gasteiger charge is -2.29. The Hall–Kier alpha value is -2.71. The van der Waals surface area contributed by atoms with Crippen molar-refractivity contribution < 1.29 is 32.8 Å². The van der Waals surface area contributed by atoms with Gasteiger partial charge in [0.2, 0.25) is 0 Å². The Morgan fingerprint density at radius 2 is 1.63 bits per heavy atom. The van der Waals surface area contributed by atoms with Gasteiger partial charge in [0.1, 0.15) is 44.4 Å². The predicted octanol–water partition coefficient (Wildman–Crippen LogP) is 0.213. The van der Waals surface area contributed by atoms with Crippen LogP contribution in [-0.4, -0.2) is 52.9 Å². The van der Waals surface area contributed by atoms with E-state index in [1.807, 2.05) is 12.1 Å². The fraction of sp³-hybridized carbons (Fsp3) is 0.409. The smallest absolute Gasteiger partial charge is 0.279 e. The van der Waals surface area contributed by atoms with E-state index in [2.05, 4.69) is 12.2 Å². The Balaban J connectivity index is 1.51. The maximum atomic E-state index is 13.7. The standard InChI is InChI=1S/C22H27F2N3O3/c1-15-10-20(29-2)21(30-3)11-16(15)13-26-6-8-27(9-7-26)14-22(28)25-19-12-17(23)4-5-18(19)24/h4-5,10-12H,6-9,13-14H2,1-3H3,(H,25,28)/p+2. The van der Waals surface area contributed by atoms with Crippen molar-refractivity contribution in [2.45, 2.75) is 13.5 Å². The zero-order valence-electron chi connectivity index (χ0n) is 17.6. The maximum absolute atomic E-state index is 13.7. The molecule has 1 amide bonds. The highest BCUT2D eigenvalue weighted by atomic mass is 19.1. The van der Waals surface area contributed by atoms with E-state index < -0.39 is 11.6 Å². The molecule has 0 spiro atoms. The Labute approximate surface area is 175 Å². The second-order valence-electron chi connectivity index (χ2n) is 7.66. The fourth-order valence-electron chi connectivity index (χ4n) is 3.81. The Kier molecular flexibility index (Phi) is 7.23. The van der Waals surface area contributed by atoms with Gasteiger partial charge < -0.3 is 24.6 Å². The van der Waals surface area contributed by atoms with Crippen molar-refractivity contribution in [3.05, 3.63) is 53.1 Å². The van der Waals surface area contributed by atoms with E-state index in [0.29, 0.717) is 0 Å². The van der Waals surface area contributed by atoms with E-state index >= 15 is 0 Å². The minimum absolute atomic E-state index is 0.118. The number of carbonyl (C=O) groups is 1. The van der Waals surface area contributed by atoms with Crippen molar-refractivity contribution >= 4 is 11.6 Å². The molecule has 8 heteroatoms. The number of aryl methyl sites for hydroxylation is 1. The first-order chi connectivity index (χ1) is 14.4. The average molecular weight is 421 g/mol. The van der Waals surface area contributed by atoms with E-state index in [0.717, 1.165) is 72.9 Å². The largest absolute Gasteiger partial charge is 0.493 e. The number of carbonyl (C=O) groups excluding carboxylic acids is 1. The van der Waals surface area contributed by atoms with Crippen molar-refractivity contribution in [2.75, 3.05) is 52.3 Å². The van der Waals surface area contributed by atoms with Crippen LogP contribution in [-0.2, 0) is 11.3 Å². The molecule has 0 aromatic heterocycles. The quantitative estimate of drug-likeness (QED) is 0.599. The lowest BCUT2D eigenvalue weighted by Crippen LogP contribution is -3.28. The molecule has 1 aliphatic heterocycles. The summed E-state index contributed by atoms with van der Waals surface area (Å²) in [5.74, 6) is -0.0820. The second-order valence-corrected chi connectivity index (χ2v) is 7.66. The van der Waals surface area contributed by atoms with Gasteiger partial charge in [-0.25, -0.2) is 8.78 Å². The highest BCUT2D eigenvalue weighted by molar-refractivity contribution is 5.91. The van der Waals surface area contributed by atoms with Crippen LogP contribution in [0.1, 0.15) is 11.1 Å². The summed E-state index contributed by atoms with van der Waals surface area (Å²) in [5, 5.41) is 2.47. The monoisotopic (exact) mass is 421 g/mol. The SMILES string of the molecule is COc1cc(C)c(C[NH+]2CC[NH+](CC(=O)Nc3cc(F)ccc3F)CC2)cc1OC. The van der Waals surface area contributed by atoms with Crippen LogP contribution < -0.4 is 24.6 Å². The van der Waals surface area contributed by atoms with Crippen LogP contribution in [0.15, 0.2) is 30.3 Å². The zero-order chi connectivity index (χ0) is 21.7. The first kappa shape index (κ1) is 22.0. The third-order valence-corrected chi connectivity index (χ3v) is 5.56. The number of ether oxygens (including phenoxy) is 2. The Morgan fingerprint density at radius 1 is 1.00 bits per heavy atom. The van der Waals surface area contributed by atoms with Crippen LogP contribution >= 0.6 is 0 Å². The Morgan fingerprint density at radius 3 is 2.30 bits per heavy atom. The van der Waals surface area contributed by atoms with Crippen molar-refractivity contribution in [3.63, 3.8) is 0 Å². The molecule has 1 heterocycles. The van der Waals surface area contributed by atoms with Gasteiger partial charge in [-0.15, -0.1) is 0 Å². The van der Waals surface area contributed by atoms with Gasteiger partial charge in [0.15, 0.2) is 18.0 Å². The summed E-state index contributed by atoms with van der Waals surface area (Å²) in [6, 6.07) is 7.05. The van der Waals surface area contributed by atoms with Crippen LogP contribution in [0.25, 0.3) is 0 Å². The van der Waals surface area contributed by atoms with Gasteiger partial charge in [0.25, 0.3) is 5.91 Å². The van der Waals surface area contributed by atoms with Gasteiger partial charge in [-0.1, -0.05) is 0 Å². The number of amides is 1. The normalized spacial score (nSPS) is 18.7. The highest BCUT2D eigenvalue weighted by Crippen LogP contribution is 2.29. The molecule has 3 N–H and O–H groups in total. The first-order valence-corrected chi connectivity index (χ1v) is 10.0. The number of nitrogens with one attached hydrogen (secondary N) is 3. The number of anilines is 1. The van der Waals surface area contributed by atoms with Gasteiger partial charge in [-0.3, -0.25) is 4.79 Å². The molecule has 0 unspecified atom stereocenters. The van der Waals surface area contributed by atoms with Crippen molar-refractivity contribution in [1.82, 2.24) is 0 Å². The molecule has 3 rings (SSSR count). The molecule has 30 heavy (non-hydrogen) atoms. The average Bonchev–Trinajstić information content (AvgIpc) is 2.73. The highest BCUT2D eigenvalue weighted by Gasteiger charge is 2.26. The van der Waals surface area contributed by atoms with Crippen LogP contribution in [0.4, 0.5) is 14.5 Å². The van der Waals surface area contributed by atoms with E-state index in [-0.39, 0.29) is 18.1 Å². The summed E-state index contributed by atoms with van der Waals surface area (Å²) >= 11 is 0. The molecule has 6 nitrogen and oxygen atoms in total. The van der Waals surface area contributed by atoms with Gasteiger partial charge >= 0.3 is 0 Å². The number of piperazine rings is 1. The van der Waals surface area contributed by atoms with Crippen LogP contribution in [0.3, 0.4) is 0 Å². The summed E-state index contributed by atoms with van der Waals surface area (Å²) in [6.07, 6.45) is 0. The number of methoxy groups -OCH3 is 2. The molecule has 2 aromatic carbocycles. The molecule has 0 atom stereocenters. The molecule has 1 saturated heterocycles. The van der Waals surface area contributed by atoms with E-state index in [9.17, 15) is 13.6 Å². The third-order valence-electron chi connectivity index (χ3n) is 5.56. The lowest BCUT2D eigenvalue weighted by molar-refractivity contribution is -1.02. The number of quaternary nitrogens is 2. The molecule has 0 bridgehead atoms. The topological polar surface area (TPSA) is 56.4 Å². The summed E-state index contributed by atoms with van der Waals surface area (Å²) < 4.78 is 37.7. The van der Waals surface area contributed by atoms with Crippen LogP contribution in [0, 0.1) is 18.6 Å². The van der Waals surface area contributed by atoms with Crippen LogP contribution in [0.5, 0.6) is 11.5 Å². The number of hydrogen-bond donors (Lipinski definition) is 3. The first-order valence-electron chi connectivity index (χ1n) is 10.0. The van der Waals surface area contributed by atoms with Gasteiger partial charge in [-0.2, -0.15) is 0 Å². The van der Waals surface area contributed by atoms with Gasteiger partial charge in [0, 0.05) is 11.6 Å². The van der Waals surface area contributed by atoms with Crippen molar-refractivity contribution in [2.24, 2.45) is 0 Å². The maximum Gasteiger partial charge on any atom is 0.279 e. The minimum atomic E-state index is -0.640.